The van der Waals surface area contributed by atoms with Crippen molar-refractivity contribution in [2.75, 3.05) is 13.3 Å². The van der Waals surface area contributed by atoms with Crippen LogP contribution in [0.1, 0.15) is 36.8 Å². The van der Waals surface area contributed by atoms with E-state index < -0.39 is 7.14 Å². The monoisotopic (exact) mass is 857 g/mol. The third-order valence-corrected chi connectivity index (χ3v) is 16.1. The van der Waals surface area contributed by atoms with Crippen molar-refractivity contribution in [3.63, 3.8) is 0 Å². The molecule has 0 amide bonds. The maximum absolute atomic E-state index is 13.3. The lowest BCUT2D eigenvalue weighted by Crippen LogP contribution is -2.34. The number of aromatic nitrogens is 3. The molecule has 5 heteroatoms. The molecule has 12 rings (SSSR count). The van der Waals surface area contributed by atoms with Gasteiger partial charge in [0.1, 0.15) is 7.14 Å². The van der Waals surface area contributed by atoms with E-state index in [1.54, 1.807) is 0 Å². The van der Waals surface area contributed by atoms with Gasteiger partial charge in [0.2, 0.25) is 0 Å². The molecule has 3 atom stereocenters. The van der Waals surface area contributed by atoms with Crippen molar-refractivity contribution < 1.29 is 4.57 Å². The summed E-state index contributed by atoms with van der Waals surface area (Å²) in [7, 11) is -2.44. The molecule has 9 aromatic carbocycles. The standard InChI is InChI=1S/C60H48N3OP/c1-65(2,64)54-36-35-47(48-19-9-10-20-49(48)54)40-26-31-44(32-27-40)60(38-39-25-30-46(60)37-39)45-33-28-43(29-34-45)58-61-57(42-17-7-4-8-18-42)62-59(63-58)56-52-23-13-11-21-50(52)55(41-15-5-3-6-16-41)51-22-12-14-24-53(51)56/h3-24,26-29,31-36,39,46H,25,30,37-38H2,1-2H3. The van der Waals surface area contributed by atoms with E-state index in [1.807, 2.05) is 31.5 Å². The number of hydrogen-bond acceptors (Lipinski definition) is 4. The number of benzene rings is 9. The Morgan fingerprint density at radius 1 is 0.431 bits per heavy atom. The van der Waals surface area contributed by atoms with E-state index in [-0.39, 0.29) is 5.41 Å². The summed E-state index contributed by atoms with van der Waals surface area (Å²) in [4.78, 5) is 15.9. The average Bonchev–Trinajstić information content (AvgIpc) is 3.99. The van der Waals surface area contributed by atoms with Crippen LogP contribution < -0.4 is 5.30 Å². The van der Waals surface area contributed by atoms with Gasteiger partial charge < -0.3 is 4.57 Å². The highest BCUT2D eigenvalue weighted by atomic mass is 31.2. The number of hydrogen-bond donors (Lipinski definition) is 0. The molecule has 0 radical (unpaired) electrons. The summed E-state index contributed by atoms with van der Waals surface area (Å²) in [6.45, 7) is 3.73. The SMILES string of the molecule is CP(C)(=O)c1ccc(-c2ccc(C3(c4ccc(-c5nc(-c6ccccc6)nc(-c6c7ccccc7c(-c7ccccc7)c7ccccc67)n5)cc4)CC4CCC3C4)cc2)c2ccccc12. The predicted octanol–water partition coefficient (Wildman–Crippen LogP) is 15.0. The molecule has 1 aromatic heterocycles. The van der Waals surface area contributed by atoms with Crippen LogP contribution in [0.25, 0.3) is 88.7 Å². The minimum absolute atomic E-state index is 0.0687. The highest BCUT2D eigenvalue weighted by molar-refractivity contribution is 7.70. The van der Waals surface area contributed by atoms with Gasteiger partial charge in [0.25, 0.3) is 0 Å². The van der Waals surface area contributed by atoms with Crippen LogP contribution >= 0.6 is 7.14 Å². The fraction of sp³-hybridized carbons (Fsp3) is 0.150. The van der Waals surface area contributed by atoms with Crippen LogP contribution in [0.3, 0.4) is 0 Å². The Hall–Kier alpha value is -7.00. The van der Waals surface area contributed by atoms with Crippen molar-refractivity contribution in [3.05, 3.63) is 205 Å². The second kappa shape index (κ2) is 15.6. The molecule has 314 valence electrons. The maximum Gasteiger partial charge on any atom is 0.165 e. The van der Waals surface area contributed by atoms with Gasteiger partial charge in [0.15, 0.2) is 17.5 Å². The van der Waals surface area contributed by atoms with E-state index in [1.165, 1.54) is 63.4 Å². The molecule has 0 saturated heterocycles. The van der Waals surface area contributed by atoms with Gasteiger partial charge in [-0.3, -0.25) is 0 Å². The number of rotatable bonds is 8. The van der Waals surface area contributed by atoms with E-state index >= 15 is 0 Å². The molecule has 0 aliphatic heterocycles. The lowest BCUT2D eigenvalue weighted by molar-refractivity contribution is 0.320. The lowest BCUT2D eigenvalue weighted by Gasteiger charge is -2.39. The van der Waals surface area contributed by atoms with Crippen molar-refractivity contribution in [3.8, 4) is 56.4 Å². The Labute approximate surface area is 380 Å². The second-order valence-electron chi connectivity index (χ2n) is 18.6. The minimum atomic E-state index is -2.44. The molecular formula is C60H48N3OP. The van der Waals surface area contributed by atoms with Gasteiger partial charge in [-0.2, -0.15) is 0 Å². The van der Waals surface area contributed by atoms with Gasteiger partial charge in [0, 0.05) is 27.4 Å². The molecular weight excluding hydrogens is 810 g/mol. The topological polar surface area (TPSA) is 55.7 Å². The fourth-order valence-electron chi connectivity index (χ4n) is 11.7. The lowest BCUT2D eigenvalue weighted by atomic mass is 9.64. The zero-order chi connectivity index (χ0) is 43.7. The highest BCUT2D eigenvalue weighted by Crippen LogP contribution is 2.60. The summed E-state index contributed by atoms with van der Waals surface area (Å²) < 4.78 is 13.3. The van der Waals surface area contributed by atoms with E-state index in [9.17, 15) is 4.57 Å². The van der Waals surface area contributed by atoms with Crippen molar-refractivity contribution >= 4 is 44.8 Å². The predicted molar refractivity (Wildman–Crippen MR) is 271 cm³/mol. The van der Waals surface area contributed by atoms with Crippen LogP contribution in [-0.4, -0.2) is 28.3 Å². The second-order valence-corrected chi connectivity index (χ2v) is 21.8. The maximum atomic E-state index is 13.3. The largest absolute Gasteiger partial charge is 0.319 e. The quantitative estimate of drug-likeness (QED) is 0.113. The summed E-state index contributed by atoms with van der Waals surface area (Å²) in [5, 5.41) is 7.73. The number of nitrogens with zero attached hydrogens (tertiary/aromatic N) is 3. The van der Waals surface area contributed by atoms with Gasteiger partial charge >= 0.3 is 0 Å². The van der Waals surface area contributed by atoms with Crippen molar-refractivity contribution in [1.82, 2.24) is 15.0 Å². The van der Waals surface area contributed by atoms with E-state index in [0.717, 1.165) is 55.9 Å². The van der Waals surface area contributed by atoms with E-state index in [0.29, 0.717) is 23.4 Å². The molecule has 4 nitrogen and oxygen atoms in total. The fourth-order valence-corrected chi connectivity index (χ4v) is 12.9. The normalized spacial score (nSPS) is 18.2. The Morgan fingerprint density at radius 3 is 1.42 bits per heavy atom. The molecule has 0 spiro atoms. The molecule has 2 bridgehead atoms. The third kappa shape index (κ3) is 6.65. The average molecular weight is 858 g/mol. The Balaban J connectivity index is 0.975. The first kappa shape index (κ1) is 39.6. The van der Waals surface area contributed by atoms with Crippen LogP contribution in [-0.2, 0) is 9.98 Å². The third-order valence-electron chi connectivity index (χ3n) is 14.6. The van der Waals surface area contributed by atoms with Gasteiger partial charge in [-0.15, -0.1) is 0 Å². The summed E-state index contributed by atoms with van der Waals surface area (Å²) in [6, 6.07) is 69.6. The van der Waals surface area contributed by atoms with Crippen LogP contribution in [0.2, 0.25) is 0 Å². The van der Waals surface area contributed by atoms with Crippen LogP contribution in [0.4, 0.5) is 0 Å². The smallest absolute Gasteiger partial charge is 0.165 e. The van der Waals surface area contributed by atoms with Crippen molar-refractivity contribution in [2.45, 2.75) is 31.1 Å². The first-order valence-corrected chi connectivity index (χ1v) is 25.5. The molecule has 0 N–H and O–H groups in total. The highest BCUT2D eigenvalue weighted by Gasteiger charge is 2.52. The van der Waals surface area contributed by atoms with Crippen LogP contribution in [0.15, 0.2) is 194 Å². The van der Waals surface area contributed by atoms with Crippen LogP contribution in [0.5, 0.6) is 0 Å². The molecule has 3 unspecified atom stereocenters. The van der Waals surface area contributed by atoms with Gasteiger partial charge in [-0.25, -0.2) is 15.0 Å². The summed E-state index contributed by atoms with van der Waals surface area (Å²) in [5.74, 6) is 3.29. The Kier molecular flexibility index (Phi) is 9.51. The van der Waals surface area contributed by atoms with E-state index in [4.69, 9.17) is 15.0 Å². The summed E-state index contributed by atoms with van der Waals surface area (Å²) in [5.41, 5.74) is 10.4. The Bertz CT molecular complexity index is 3430. The molecule has 2 aliphatic carbocycles. The molecule has 10 aromatic rings. The Morgan fingerprint density at radius 2 is 0.892 bits per heavy atom. The van der Waals surface area contributed by atoms with Crippen molar-refractivity contribution in [2.24, 2.45) is 11.8 Å². The first-order valence-electron chi connectivity index (χ1n) is 22.9. The van der Waals surface area contributed by atoms with Gasteiger partial charge in [0.05, 0.1) is 0 Å². The molecule has 2 saturated carbocycles. The molecule has 1 heterocycles. The van der Waals surface area contributed by atoms with Gasteiger partial charge in [-0.05, 0) is 110 Å². The zero-order valence-corrected chi connectivity index (χ0v) is 37.5. The number of fused-ring (bicyclic) bond motifs is 5. The van der Waals surface area contributed by atoms with Crippen LogP contribution in [0, 0.1) is 11.8 Å². The summed E-state index contributed by atoms with van der Waals surface area (Å²) >= 11 is 0. The summed E-state index contributed by atoms with van der Waals surface area (Å²) in [6.07, 6.45) is 4.98. The molecule has 2 fully saturated rings. The first-order chi connectivity index (χ1) is 31.8. The van der Waals surface area contributed by atoms with Crippen molar-refractivity contribution in [1.29, 1.82) is 0 Å². The van der Waals surface area contributed by atoms with Gasteiger partial charge in [-0.1, -0.05) is 201 Å². The molecule has 2 aliphatic rings. The minimum Gasteiger partial charge on any atom is -0.319 e. The molecule has 65 heavy (non-hydrogen) atoms. The van der Waals surface area contributed by atoms with E-state index in [2.05, 4.69) is 176 Å². The zero-order valence-electron chi connectivity index (χ0n) is 36.7.